The van der Waals surface area contributed by atoms with Crippen molar-refractivity contribution in [1.82, 2.24) is 4.98 Å². The lowest BCUT2D eigenvalue weighted by Gasteiger charge is -2.09. The number of thiazole rings is 1. The molecule has 0 unspecified atom stereocenters. The van der Waals surface area contributed by atoms with Crippen molar-refractivity contribution in [3.8, 4) is 0 Å². The Hall–Kier alpha value is -1.15. The maximum absolute atomic E-state index is 6.02. The van der Waals surface area contributed by atoms with Gasteiger partial charge in [-0.15, -0.1) is 35.3 Å². The fourth-order valence-electron chi connectivity index (χ4n) is 2.95. The summed E-state index contributed by atoms with van der Waals surface area (Å²) in [6.45, 7) is 5.05. The van der Waals surface area contributed by atoms with Gasteiger partial charge in [-0.05, 0) is 49.3 Å². The number of nitrogens with zero attached hydrogens (tertiary/aromatic N) is 2. The minimum atomic E-state index is 0. The lowest BCUT2D eigenvalue weighted by molar-refractivity contribution is 0.680. The maximum Gasteiger partial charge on any atom is 0.193 e. The number of nitrogens with one attached hydrogen (secondary N) is 1. The Bertz CT molecular complexity index is 700. The van der Waals surface area contributed by atoms with Gasteiger partial charge in [0.15, 0.2) is 5.96 Å². The minimum absolute atomic E-state index is 0. The van der Waals surface area contributed by atoms with Crippen LogP contribution < -0.4 is 11.1 Å². The molecule has 136 valence electrons. The number of aliphatic imine (C=N–C) groups is 1. The predicted molar refractivity (Wildman–Crippen MR) is 119 cm³/mol. The summed E-state index contributed by atoms with van der Waals surface area (Å²) >= 11 is 1.85. The van der Waals surface area contributed by atoms with E-state index < -0.39 is 0 Å². The lowest BCUT2D eigenvalue weighted by atomic mass is 10.0. The molecular formula is C19H27IN4S. The lowest BCUT2D eigenvalue weighted by Crippen LogP contribution is -2.23. The predicted octanol–water partition coefficient (Wildman–Crippen LogP) is 4.73. The molecule has 4 nitrogen and oxygen atoms in total. The molecule has 0 saturated carbocycles. The first-order chi connectivity index (χ1) is 11.6. The van der Waals surface area contributed by atoms with Crippen LogP contribution in [0.3, 0.4) is 0 Å². The molecule has 0 radical (unpaired) electrons. The summed E-state index contributed by atoms with van der Waals surface area (Å²) in [6.07, 6.45) is 5.79. The molecule has 1 aromatic carbocycles. The molecule has 0 amide bonds. The molecule has 6 heteroatoms. The summed E-state index contributed by atoms with van der Waals surface area (Å²) in [5.41, 5.74) is 9.62. The molecule has 3 rings (SSSR count). The van der Waals surface area contributed by atoms with Crippen LogP contribution in [0.4, 0.5) is 5.69 Å². The molecule has 1 aromatic heterocycles. The van der Waals surface area contributed by atoms with Gasteiger partial charge in [0.1, 0.15) is 0 Å². The molecule has 1 aliphatic carbocycles. The van der Waals surface area contributed by atoms with E-state index in [2.05, 4.69) is 36.3 Å². The maximum atomic E-state index is 6.02. The van der Waals surface area contributed by atoms with Gasteiger partial charge in [0.05, 0.1) is 10.7 Å². The van der Waals surface area contributed by atoms with Crippen molar-refractivity contribution < 1.29 is 0 Å². The second-order valence-corrected chi connectivity index (χ2v) is 7.77. The summed E-state index contributed by atoms with van der Waals surface area (Å²) in [5.74, 6) is 0.970. The summed E-state index contributed by atoms with van der Waals surface area (Å²) in [7, 11) is 0. The summed E-state index contributed by atoms with van der Waals surface area (Å²) < 4.78 is 0. The first-order valence-corrected chi connectivity index (χ1v) is 9.58. The molecule has 3 N–H and O–H groups in total. The van der Waals surface area contributed by atoms with Crippen LogP contribution in [0.1, 0.15) is 53.7 Å². The molecule has 0 spiro atoms. The Labute approximate surface area is 171 Å². The molecule has 0 aliphatic heterocycles. The zero-order valence-corrected chi connectivity index (χ0v) is 18.1. The van der Waals surface area contributed by atoms with Crippen LogP contribution in [0.2, 0.25) is 0 Å². The highest BCUT2D eigenvalue weighted by atomic mass is 127. The van der Waals surface area contributed by atoms with E-state index in [4.69, 9.17) is 10.7 Å². The zero-order chi connectivity index (χ0) is 16.9. The highest BCUT2D eigenvalue weighted by Gasteiger charge is 2.14. The summed E-state index contributed by atoms with van der Waals surface area (Å²) in [4.78, 5) is 10.7. The molecule has 1 heterocycles. The number of guanidine groups is 1. The Morgan fingerprint density at radius 1 is 1.32 bits per heavy atom. The SMILES string of the molecule is CC(C)c1cccc(NC(N)=NCCc2nc3c(s2)CCCC3)c1.I. The summed E-state index contributed by atoms with van der Waals surface area (Å²) in [5, 5.41) is 4.38. The number of fused-ring (bicyclic) bond motifs is 1. The van der Waals surface area contributed by atoms with E-state index in [1.807, 2.05) is 23.5 Å². The van der Waals surface area contributed by atoms with Crippen molar-refractivity contribution in [3.05, 3.63) is 45.4 Å². The standard InChI is InChI=1S/C19H26N4S.HI/c1-13(2)14-6-5-7-15(12-14)22-19(20)21-11-10-18-23-16-8-3-4-9-17(16)24-18;/h5-7,12-13H,3-4,8-11H2,1-2H3,(H3,20,21,22);1H. The van der Waals surface area contributed by atoms with Crippen molar-refractivity contribution in [3.63, 3.8) is 0 Å². The van der Waals surface area contributed by atoms with Crippen LogP contribution in [0, 0.1) is 0 Å². The van der Waals surface area contributed by atoms with Gasteiger partial charge in [0, 0.05) is 23.5 Å². The quantitative estimate of drug-likeness (QED) is 0.377. The summed E-state index contributed by atoms with van der Waals surface area (Å²) in [6, 6.07) is 8.32. The third-order valence-corrected chi connectivity index (χ3v) is 5.54. The fraction of sp³-hybridized carbons (Fsp3) is 0.474. The third kappa shape index (κ3) is 5.67. The number of benzene rings is 1. The Morgan fingerprint density at radius 3 is 2.88 bits per heavy atom. The molecule has 25 heavy (non-hydrogen) atoms. The van der Waals surface area contributed by atoms with Gasteiger partial charge in [0.2, 0.25) is 0 Å². The second-order valence-electron chi connectivity index (χ2n) is 6.61. The van der Waals surface area contributed by atoms with Gasteiger partial charge >= 0.3 is 0 Å². The van der Waals surface area contributed by atoms with E-state index in [1.165, 1.54) is 40.4 Å². The number of rotatable bonds is 5. The normalized spacial score (nSPS) is 14.1. The zero-order valence-electron chi connectivity index (χ0n) is 14.9. The molecule has 2 aromatic rings. The highest BCUT2D eigenvalue weighted by Crippen LogP contribution is 2.26. The van der Waals surface area contributed by atoms with E-state index in [9.17, 15) is 0 Å². The number of hydrogen-bond donors (Lipinski definition) is 2. The van der Waals surface area contributed by atoms with Gasteiger partial charge in [-0.2, -0.15) is 0 Å². The van der Waals surface area contributed by atoms with Gasteiger partial charge in [-0.3, -0.25) is 4.99 Å². The van der Waals surface area contributed by atoms with E-state index in [1.54, 1.807) is 0 Å². The molecule has 0 bridgehead atoms. The Morgan fingerprint density at radius 2 is 2.12 bits per heavy atom. The van der Waals surface area contributed by atoms with Gasteiger partial charge in [-0.25, -0.2) is 4.98 Å². The van der Waals surface area contributed by atoms with Crippen molar-refractivity contribution >= 4 is 47.0 Å². The van der Waals surface area contributed by atoms with Crippen LogP contribution in [0.15, 0.2) is 29.3 Å². The van der Waals surface area contributed by atoms with Gasteiger partial charge in [0.25, 0.3) is 0 Å². The number of aryl methyl sites for hydroxylation is 2. The van der Waals surface area contributed by atoms with Crippen LogP contribution in [-0.4, -0.2) is 17.5 Å². The number of halogens is 1. The van der Waals surface area contributed by atoms with Crippen LogP contribution in [-0.2, 0) is 19.3 Å². The fourth-order valence-corrected chi connectivity index (χ4v) is 4.09. The smallest absolute Gasteiger partial charge is 0.193 e. The van der Waals surface area contributed by atoms with Crippen molar-refractivity contribution in [1.29, 1.82) is 0 Å². The van der Waals surface area contributed by atoms with Crippen molar-refractivity contribution in [2.24, 2.45) is 10.7 Å². The average molecular weight is 470 g/mol. The average Bonchev–Trinajstić information content (AvgIpc) is 2.97. The number of aromatic nitrogens is 1. The van der Waals surface area contributed by atoms with Crippen LogP contribution in [0.25, 0.3) is 0 Å². The van der Waals surface area contributed by atoms with E-state index >= 15 is 0 Å². The molecule has 0 saturated heterocycles. The topological polar surface area (TPSA) is 63.3 Å². The number of nitrogens with two attached hydrogens (primary N) is 1. The molecule has 0 atom stereocenters. The van der Waals surface area contributed by atoms with Crippen LogP contribution >= 0.6 is 35.3 Å². The highest BCUT2D eigenvalue weighted by molar-refractivity contribution is 14.0. The van der Waals surface area contributed by atoms with E-state index in [0.29, 0.717) is 18.4 Å². The van der Waals surface area contributed by atoms with E-state index in [0.717, 1.165) is 18.5 Å². The number of anilines is 1. The third-order valence-electron chi connectivity index (χ3n) is 4.32. The van der Waals surface area contributed by atoms with Gasteiger partial charge in [-0.1, -0.05) is 26.0 Å². The van der Waals surface area contributed by atoms with E-state index in [-0.39, 0.29) is 24.0 Å². The van der Waals surface area contributed by atoms with Gasteiger partial charge < -0.3 is 11.1 Å². The Kier molecular flexibility index (Phi) is 7.68. The molecular weight excluding hydrogens is 443 g/mol. The molecule has 0 fully saturated rings. The minimum Gasteiger partial charge on any atom is -0.370 e. The van der Waals surface area contributed by atoms with Crippen molar-refractivity contribution in [2.45, 2.75) is 51.9 Å². The number of hydrogen-bond acceptors (Lipinski definition) is 3. The molecule has 1 aliphatic rings. The monoisotopic (exact) mass is 470 g/mol. The second kappa shape index (κ2) is 9.52. The van der Waals surface area contributed by atoms with Crippen LogP contribution in [0.5, 0.6) is 0 Å². The first-order valence-electron chi connectivity index (χ1n) is 8.76. The Balaban J connectivity index is 0.00000225. The van der Waals surface area contributed by atoms with Crippen molar-refractivity contribution in [2.75, 3.05) is 11.9 Å². The largest absolute Gasteiger partial charge is 0.370 e. The first kappa shape index (κ1) is 20.2.